The Bertz CT molecular complexity index is 710. The summed E-state index contributed by atoms with van der Waals surface area (Å²) in [6.07, 6.45) is 3.70. The average Bonchev–Trinajstić information content (AvgIpc) is 2.69. The molecule has 0 bridgehead atoms. The van der Waals surface area contributed by atoms with Crippen LogP contribution in [-0.2, 0) is 17.5 Å². The fourth-order valence-corrected chi connectivity index (χ4v) is 3.08. The lowest BCUT2D eigenvalue weighted by atomic mass is 9.96. The summed E-state index contributed by atoms with van der Waals surface area (Å²) in [6, 6.07) is 29.6. The van der Waals surface area contributed by atoms with Gasteiger partial charge in [-0.25, -0.2) is 0 Å². The van der Waals surface area contributed by atoms with Gasteiger partial charge in [0.1, 0.15) is 10.5 Å². The lowest BCUT2D eigenvalue weighted by Gasteiger charge is -2.08. The molecular formula is C23H28OSi. The van der Waals surface area contributed by atoms with Crippen LogP contribution in [0.2, 0.25) is 0 Å². The third kappa shape index (κ3) is 6.69. The first-order chi connectivity index (χ1) is 12.3. The van der Waals surface area contributed by atoms with Crippen LogP contribution in [-0.4, -0.2) is 10.5 Å². The molecule has 3 rings (SSSR count). The number of hydrogen-bond acceptors (Lipinski definition) is 1. The molecule has 130 valence electrons. The SMILES string of the molecule is CCCCc1ccccc1-c1ccccc1.[SiH3]OCc1ccccc1. The van der Waals surface area contributed by atoms with Crippen molar-refractivity contribution < 1.29 is 4.43 Å². The molecule has 0 fully saturated rings. The quantitative estimate of drug-likeness (QED) is 0.558. The monoisotopic (exact) mass is 348 g/mol. The van der Waals surface area contributed by atoms with Gasteiger partial charge in [-0.3, -0.25) is 0 Å². The summed E-state index contributed by atoms with van der Waals surface area (Å²) in [6.45, 7) is 3.01. The Balaban J connectivity index is 0.000000212. The minimum Gasteiger partial charge on any atom is -0.424 e. The average molecular weight is 349 g/mol. The van der Waals surface area contributed by atoms with Crippen LogP contribution in [0.3, 0.4) is 0 Å². The van der Waals surface area contributed by atoms with Gasteiger partial charge in [0.05, 0.1) is 6.61 Å². The van der Waals surface area contributed by atoms with Gasteiger partial charge in [-0.1, -0.05) is 98.3 Å². The van der Waals surface area contributed by atoms with Gasteiger partial charge in [-0.05, 0) is 35.1 Å². The molecular weight excluding hydrogens is 320 g/mol. The van der Waals surface area contributed by atoms with Gasteiger partial charge in [-0.15, -0.1) is 0 Å². The minimum absolute atomic E-state index is 0.771. The fraction of sp³-hybridized carbons (Fsp3) is 0.217. The highest BCUT2D eigenvalue weighted by Gasteiger charge is 2.02. The van der Waals surface area contributed by atoms with E-state index < -0.39 is 0 Å². The second kappa shape index (κ2) is 11.4. The van der Waals surface area contributed by atoms with Crippen LogP contribution in [0.1, 0.15) is 30.9 Å². The van der Waals surface area contributed by atoms with E-state index in [2.05, 4.69) is 73.7 Å². The summed E-state index contributed by atoms with van der Waals surface area (Å²) >= 11 is 0. The van der Waals surface area contributed by atoms with Gasteiger partial charge in [-0.2, -0.15) is 0 Å². The molecule has 0 saturated carbocycles. The molecule has 0 aromatic heterocycles. The van der Waals surface area contributed by atoms with Crippen LogP contribution in [0.25, 0.3) is 11.1 Å². The van der Waals surface area contributed by atoms with E-state index in [0.717, 1.165) is 17.1 Å². The standard InChI is InChI=1S/C16H18.C7H10OSi/c1-2-3-9-14-12-7-8-13-16(14)15-10-5-4-6-11-15;9-8-6-7-4-2-1-3-5-7/h4-8,10-13H,2-3,9H2,1H3;1-5H,6H2,9H3. The zero-order valence-electron chi connectivity index (χ0n) is 15.3. The Morgan fingerprint density at radius 2 is 1.36 bits per heavy atom. The highest BCUT2D eigenvalue weighted by atomic mass is 28.2. The molecule has 0 saturated heterocycles. The van der Waals surface area contributed by atoms with E-state index in [9.17, 15) is 0 Å². The first-order valence-electron chi connectivity index (χ1n) is 9.01. The minimum atomic E-state index is 0.771. The summed E-state index contributed by atoms with van der Waals surface area (Å²) in [5.74, 6) is 0. The molecule has 25 heavy (non-hydrogen) atoms. The van der Waals surface area contributed by atoms with Crippen molar-refractivity contribution in [1.82, 2.24) is 0 Å². The molecule has 0 N–H and O–H groups in total. The van der Waals surface area contributed by atoms with E-state index in [0.29, 0.717) is 0 Å². The second-order valence-electron chi connectivity index (χ2n) is 6.05. The first-order valence-corrected chi connectivity index (χ1v) is 9.83. The molecule has 0 aliphatic rings. The van der Waals surface area contributed by atoms with E-state index in [1.165, 1.54) is 41.5 Å². The zero-order chi connectivity index (χ0) is 17.7. The largest absolute Gasteiger partial charge is 0.424 e. The van der Waals surface area contributed by atoms with Crippen molar-refractivity contribution in [3.8, 4) is 11.1 Å². The zero-order valence-corrected chi connectivity index (χ0v) is 17.3. The number of aryl methyl sites for hydroxylation is 1. The smallest absolute Gasteiger partial charge is 0.146 e. The third-order valence-corrected chi connectivity index (χ3v) is 4.34. The van der Waals surface area contributed by atoms with Crippen molar-refractivity contribution in [3.05, 3.63) is 96.1 Å². The molecule has 0 spiro atoms. The topological polar surface area (TPSA) is 9.23 Å². The van der Waals surface area contributed by atoms with Crippen LogP contribution in [0.4, 0.5) is 0 Å². The Kier molecular flexibility index (Phi) is 8.74. The van der Waals surface area contributed by atoms with Gasteiger partial charge >= 0.3 is 0 Å². The summed E-state index contributed by atoms with van der Waals surface area (Å²) in [5, 5.41) is 0. The maximum Gasteiger partial charge on any atom is 0.146 e. The highest BCUT2D eigenvalue weighted by Crippen LogP contribution is 2.24. The van der Waals surface area contributed by atoms with Crippen LogP contribution in [0.15, 0.2) is 84.9 Å². The summed E-state index contributed by atoms with van der Waals surface area (Å²) in [5.41, 5.74) is 5.44. The lowest BCUT2D eigenvalue weighted by molar-refractivity contribution is 0.338. The number of benzene rings is 3. The maximum absolute atomic E-state index is 5.07. The van der Waals surface area contributed by atoms with Gasteiger partial charge in [0.25, 0.3) is 0 Å². The van der Waals surface area contributed by atoms with E-state index >= 15 is 0 Å². The Morgan fingerprint density at radius 3 is 2.00 bits per heavy atom. The number of rotatable bonds is 6. The van der Waals surface area contributed by atoms with Gasteiger partial charge in [0, 0.05) is 0 Å². The molecule has 2 heteroatoms. The molecule has 0 amide bonds. The van der Waals surface area contributed by atoms with E-state index in [1.807, 2.05) is 18.2 Å². The summed E-state index contributed by atoms with van der Waals surface area (Å²) in [7, 11) is 0.824. The third-order valence-electron chi connectivity index (χ3n) is 4.06. The van der Waals surface area contributed by atoms with Crippen LogP contribution < -0.4 is 0 Å². The van der Waals surface area contributed by atoms with Crippen LogP contribution >= 0.6 is 0 Å². The second-order valence-corrected chi connectivity index (χ2v) is 6.62. The summed E-state index contributed by atoms with van der Waals surface area (Å²) < 4.78 is 5.07. The lowest BCUT2D eigenvalue weighted by Crippen LogP contribution is -1.89. The Labute approximate surface area is 155 Å². The predicted molar refractivity (Wildman–Crippen MR) is 112 cm³/mol. The molecule has 1 nitrogen and oxygen atoms in total. The molecule has 3 aromatic rings. The van der Waals surface area contributed by atoms with Crippen LogP contribution in [0, 0.1) is 0 Å². The van der Waals surface area contributed by atoms with Crippen molar-refractivity contribution >= 4 is 10.5 Å². The molecule has 0 heterocycles. The van der Waals surface area contributed by atoms with Crippen molar-refractivity contribution in [3.63, 3.8) is 0 Å². The first kappa shape index (κ1) is 19.2. The van der Waals surface area contributed by atoms with Gasteiger partial charge in [0.2, 0.25) is 0 Å². The molecule has 0 aliphatic carbocycles. The predicted octanol–water partition coefficient (Wildman–Crippen LogP) is 5.18. The Morgan fingerprint density at radius 1 is 0.760 bits per heavy atom. The number of hydrogen-bond donors (Lipinski definition) is 0. The van der Waals surface area contributed by atoms with E-state index in [4.69, 9.17) is 4.43 Å². The van der Waals surface area contributed by atoms with Crippen molar-refractivity contribution in [2.24, 2.45) is 0 Å². The van der Waals surface area contributed by atoms with Gasteiger partial charge in [0.15, 0.2) is 0 Å². The molecule has 3 aromatic carbocycles. The molecule has 0 aliphatic heterocycles. The normalized spacial score (nSPS) is 10.1. The number of unbranched alkanes of at least 4 members (excludes halogenated alkanes) is 1. The Hall–Kier alpha value is -2.16. The maximum atomic E-state index is 5.07. The van der Waals surface area contributed by atoms with Crippen LogP contribution in [0.5, 0.6) is 0 Å². The van der Waals surface area contributed by atoms with Crippen molar-refractivity contribution in [1.29, 1.82) is 0 Å². The van der Waals surface area contributed by atoms with E-state index in [-0.39, 0.29) is 0 Å². The highest BCUT2D eigenvalue weighted by molar-refractivity contribution is 5.97. The van der Waals surface area contributed by atoms with Crippen molar-refractivity contribution in [2.75, 3.05) is 0 Å². The fourth-order valence-electron chi connectivity index (χ4n) is 2.75. The summed E-state index contributed by atoms with van der Waals surface area (Å²) in [4.78, 5) is 0. The molecule has 0 atom stereocenters. The van der Waals surface area contributed by atoms with Crippen molar-refractivity contribution in [2.45, 2.75) is 32.8 Å². The van der Waals surface area contributed by atoms with Gasteiger partial charge < -0.3 is 4.43 Å². The molecule has 0 unspecified atom stereocenters. The molecule has 0 radical (unpaired) electrons. The van der Waals surface area contributed by atoms with E-state index in [1.54, 1.807) is 0 Å².